The zero-order valence-electron chi connectivity index (χ0n) is 7.65. The molecule has 15 heavy (non-hydrogen) atoms. The number of carbonyl (C=O) groups is 1. The maximum Gasteiger partial charge on any atom is 0.346 e. The summed E-state index contributed by atoms with van der Waals surface area (Å²) in [5.74, 6) is -0.144. The monoisotopic (exact) mass is 230 g/mol. The largest absolute Gasteiger partial charge is 0.346 e. The van der Waals surface area contributed by atoms with Crippen molar-refractivity contribution in [1.82, 2.24) is 0 Å². The van der Waals surface area contributed by atoms with Gasteiger partial charge in [-0.3, -0.25) is 4.79 Å². The molecule has 0 aliphatic carbocycles. The highest BCUT2D eigenvalue weighted by molar-refractivity contribution is 8.00. The van der Waals surface area contributed by atoms with Crippen molar-refractivity contribution in [2.75, 3.05) is 0 Å². The van der Waals surface area contributed by atoms with E-state index in [4.69, 9.17) is 0 Å². The van der Waals surface area contributed by atoms with Gasteiger partial charge in [0, 0.05) is 16.9 Å². The number of benzene rings is 1. The van der Waals surface area contributed by atoms with E-state index in [1.807, 2.05) is 0 Å². The van der Waals surface area contributed by atoms with E-state index in [-0.39, 0.29) is 12.2 Å². The number of hydrogen-bond donors (Lipinski definition) is 0. The third-order valence-corrected chi connectivity index (χ3v) is 3.20. The van der Waals surface area contributed by atoms with E-state index in [2.05, 4.69) is 4.74 Å². The standard InChI is InChI=1S/C10H8F2O2S/c11-10(12)14-9-5-7(13)6-3-1-2-4-8(6)15-9/h1-4,9-10H,5H2. The first-order valence-corrected chi connectivity index (χ1v) is 5.27. The molecule has 1 atom stereocenters. The summed E-state index contributed by atoms with van der Waals surface area (Å²) in [6.45, 7) is -2.83. The van der Waals surface area contributed by atoms with Crippen molar-refractivity contribution in [1.29, 1.82) is 0 Å². The number of rotatable bonds is 2. The highest BCUT2D eigenvalue weighted by atomic mass is 32.2. The number of hydrogen-bond acceptors (Lipinski definition) is 3. The highest BCUT2D eigenvalue weighted by Gasteiger charge is 2.27. The SMILES string of the molecule is O=C1CC(OC(F)F)Sc2ccccc21. The van der Waals surface area contributed by atoms with Crippen molar-refractivity contribution in [3.05, 3.63) is 29.8 Å². The molecule has 1 aromatic carbocycles. The van der Waals surface area contributed by atoms with Crippen LogP contribution in [0.5, 0.6) is 0 Å². The van der Waals surface area contributed by atoms with Crippen molar-refractivity contribution in [2.24, 2.45) is 0 Å². The Kier molecular flexibility index (Phi) is 3.02. The Labute approximate surface area is 89.6 Å². The molecule has 0 saturated heterocycles. The number of fused-ring (bicyclic) bond motifs is 1. The van der Waals surface area contributed by atoms with Gasteiger partial charge in [-0.1, -0.05) is 30.0 Å². The minimum atomic E-state index is -2.83. The van der Waals surface area contributed by atoms with Crippen LogP contribution in [-0.2, 0) is 4.74 Å². The summed E-state index contributed by atoms with van der Waals surface area (Å²) in [6.07, 6.45) is 0.00597. The average Bonchev–Trinajstić information content (AvgIpc) is 2.16. The molecular formula is C10H8F2O2S. The van der Waals surface area contributed by atoms with E-state index in [1.165, 1.54) is 11.8 Å². The van der Waals surface area contributed by atoms with Crippen molar-refractivity contribution < 1.29 is 18.3 Å². The van der Waals surface area contributed by atoms with Crippen LogP contribution in [0, 0.1) is 0 Å². The van der Waals surface area contributed by atoms with Gasteiger partial charge >= 0.3 is 6.61 Å². The Morgan fingerprint density at radius 1 is 1.40 bits per heavy atom. The van der Waals surface area contributed by atoms with Gasteiger partial charge in [0.15, 0.2) is 5.78 Å². The van der Waals surface area contributed by atoms with Crippen LogP contribution in [0.4, 0.5) is 8.78 Å². The lowest BCUT2D eigenvalue weighted by Gasteiger charge is -2.22. The number of carbonyl (C=O) groups excluding carboxylic acids is 1. The third kappa shape index (κ3) is 2.35. The predicted octanol–water partition coefficient (Wildman–Crippen LogP) is 2.93. The van der Waals surface area contributed by atoms with Gasteiger partial charge in [0.1, 0.15) is 5.44 Å². The molecule has 2 rings (SSSR count). The number of alkyl halides is 2. The molecule has 0 aromatic heterocycles. The molecule has 0 fully saturated rings. The topological polar surface area (TPSA) is 26.3 Å². The molecule has 1 aromatic rings. The van der Waals surface area contributed by atoms with E-state index in [9.17, 15) is 13.6 Å². The number of Topliss-reactive ketones (excluding diaryl/α,β-unsaturated/α-hetero) is 1. The van der Waals surface area contributed by atoms with E-state index in [0.29, 0.717) is 10.5 Å². The average molecular weight is 230 g/mol. The second kappa shape index (κ2) is 4.28. The van der Waals surface area contributed by atoms with Crippen LogP contribution in [0.15, 0.2) is 29.2 Å². The number of ketones is 1. The summed E-state index contributed by atoms with van der Waals surface area (Å²) < 4.78 is 28.3. The molecule has 1 aliphatic heterocycles. The fraction of sp³-hybridized carbons (Fsp3) is 0.300. The fourth-order valence-electron chi connectivity index (χ4n) is 1.44. The molecule has 2 nitrogen and oxygen atoms in total. The minimum Gasteiger partial charge on any atom is -0.308 e. The van der Waals surface area contributed by atoms with Gasteiger partial charge in [-0.2, -0.15) is 8.78 Å². The van der Waals surface area contributed by atoms with Gasteiger partial charge < -0.3 is 4.74 Å². The van der Waals surface area contributed by atoms with Gasteiger partial charge in [0.05, 0.1) is 0 Å². The third-order valence-electron chi connectivity index (χ3n) is 2.05. The van der Waals surface area contributed by atoms with Crippen LogP contribution in [0.1, 0.15) is 16.8 Å². The summed E-state index contributed by atoms with van der Waals surface area (Å²) in [7, 11) is 0. The van der Waals surface area contributed by atoms with Gasteiger partial charge in [-0.05, 0) is 6.07 Å². The van der Waals surface area contributed by atoms with Crippen LogP contribution in [0.2, 0.25) is 0 Å². The first-order valence-electron chi connectivity index (χ1n) is 4.39. The van der Waals surface area contributed by atoms with E-state index in [1.54, 1.807) is 24.3 Å². The molecule has 0 amide bonds. The van der Waals surface area contributed by atoms with Crippen LogP contribution >= 0.6 is 11.8 Å². The zero-order valence-corrected chi connectivity index (χ0v) is 8.47. The van der Waals surface area contributed by atoms with Gasteiger partial charge in [-0.25, -0.2) is 0 Å². The maximum atomic E-state index is 12.0. The maximum absolute atomic E-state index is 12.0. The first-order chi connectivity index (χ1) is 7.16. The van der Waals surface area contributed by atoms with Gasteiger partial charge in [0.2, 0.25) is 0 Å². The molecule has 1 unspecified atom stereocenters. The molecular weight excluding hydrogens is 222 g/mol. The van der Waals surface area contributed by atoms with Crippen LogP contribution in [0.25, 0.3) is 0 Å². The van der Waals surface area contributed by atoms with E-state index < -0.39 is 12.0 Å². The molecule has 0 bridgehead atoms. The Bertz CT molecular complexity index is 381. The van der Waals surface area contributed by atoms with Gasteiger partial charge in [0.25, 0.3) is 0 Å². The highest BCUT2D eigenvalue weighted by Crippen LogP contribution is 2.36. The fourth-order valence-corrected chi connectivity index (χ4v) is 2.56. The Balaban J connectivity index is 2.19. The Morgan fingerprint density at radius 3 is 2.87 bits per heavy atom. The number of halogens is 2. The summed E-state index contributed by atoms with van der Waals surface area (Å²) >= 11 is 1.17. The molecule has 0 saturated carbocycles. The molecule has 1 heterocycles. The predicted molar refractivity (Wildman–Crippen MR) is 52.1 cm³/mol. The van der Waals surface area contributed by atoms with Crippen molar-refractivity contribution >= 4 is 17.5 Å². The van der Waals surface area contributed by atoms with Crippen LogP contribution < -0.4 is 0 Å². The quantitative estimate of drug-likeness (QED) is 0.781. The lowest BCUT2D eigenvalue weighted by atomic mass is 10.1. The second-order valence-electron chi connectivity index (χ2n) is 3.07. The molecule has 80 valence electrons. The van der Waals surface area contributed by atoms with Crippen LogP contribution in [-0.4, -0.2) is 17.8 Å². The summed E-state index contributed by atoms with van der Waals surface area (Å²) in [6, 6.07) is 6.96. The summed E-state index contributed by atoms with van der Waals surface area (Å²) in [4.78, 5) is 12.2. The number of ether oxygens (including phenoxy) is 1. The zero-order chi connectivity index (χ0) is 10.8. The molecule has 0 N–H and O–H groups in total. The molecule has 1 aliphatic rings. The number of thioether (sulfide) groups is 1. The Morgan fingerprint density at radius 2 is 2.13 bits per heavy atom. The van der Waals surface area contributed by atoms with E-state index in [0.717, 1.165) is 0 Å². The van der Waals surface area contributed by atoms with Crippen molar-refractivity contribution in [3.8, 4) is 0 Å². The second-order valence-corrected chi connectivity index (χ2v) is 4.27. The Hall–Kier alpha value is -0.940. The van der Waals surface area contributed by atoms with Crippen LogP contribution in [0.3, 0.4) is 0 Å². The first kappa shape index (κ1) is 10.6. The smallest absolute Gasteiger partial charge is 0.308 e. The molecule has 5 heteroatoms. The van der Waals surface area contributed by atoms with E-state index >= 15 is 0 Å². The molecule has 0 spiro atoms. The van der Waals surface area contributed by atoms with Crippen molar-refractivity contribution in [2.45, 2.75) is 23.4 Å². The van der Waals surface area contributed by atoms with Gasteiger partial charge in [-0.15, -0.1) is 0 Å². The minimum absolute atomic E-state index is 0.00597. The lowest BCUT2D eigenvalue weighted by Crippen LogP contribution is -2.21. The summed E-state index contributed by atoms with van der Waals surface area (Å²) in [5.41, 5.74) is -0.177. The molecule has 0 radical (unpaired) electrons. The summed E-state index contributed by atoms with van der Waals surface area (Å²) in [5, 5.41) is 0. The lowest BCUT2D eigenvalue weighted by molar-refractivity contribution is -0.137. The van der Waals surface area contributed by atoms with Crippen molar-refractivity contribution in [3.63, 3.8) is 0 Å². The normalized spacial score (nSPS) is 20.5.